The first-order valence-electron chi connectivity index (χ1n) is 7.39. The van der Waals surface area contributed by atoms with E-state index in [0.29, 0.717) is 17.3 Å². The molecule has 1 aromatic rings. The third-order valence-electron chi connectivity index (χ3n) is 2.80. The highest BCUT2D eigenvalue weighted by molar-refractivity contribution is 7.98. The summed E-state index contributed by atoms with van der Waals surface area (Å²) < 4.78 is 4.97. The first kappa shape index (κ1) is 20.4. The van der Waals surface area contributed by atoms with E-state index in [2.05, 4.69) is 20.8 Å². The summed E-state index contributed by atoms with van der Waals surface area (Å²) in [6, 6.07) is -0.753. The van der Waals surface area contributed by atoms with Gasteiger partial charge in [0.1, 0.15) is 11.0 Å². The van der Waals surface area contributed by atoms with Crippen LogP contribution in [-0.4, -0.2) is 52.6 Å². The van der Waals surface area contributed by atoms with E-state index in [0.717, 1.165) is 5.01 Å². The van der Waals surface area contributed by atoms with Crippen molar-refractivity contribution in [1.82, 2.24) is 15.5 Å². The molecule has 2 N–H and O–H groups in total. The maximum atomic E-state index is 12.0. The summed E-state index contributed by atoms with van der Waals surface area (Å²) in [4.78, 5) is 34.9. The molecule has 0 aliphatic rings. The zero-order chi connectivity index (χ0) is 18.1. The molecule has 0 fully saturated rings. The predicted molar refractivity (Wildman–Crippen MR) is 94.2 cm³/mol. The van der Waals surface area contributed by atoms with Crippen LogP contribution in [0.15, 0.2) is 0 Å². The Morgan fingerprint density at radius 2 is 2.00 bits per heavy atom. The quantitative estimate of drug-likeness (QED) is 0.629. The number of ether oxygens (including phenoxy) is 1. The van der Waals surface area contributed by atoms with Crippen molar-refractivity contribution >= 4 is 46.0 Å². The number of amides is 2. The SMILES string of the molecule is CSCC[C@H](NC(C)=O)C(=O)OCC(=O)Nc1nnc(C(C)C)s1. The molecule has 0 aromatic carbocycles. The van der Waals surface area contributed by atoms with Gasteiger partial charge >= 0.3 is 5.97 Å². The number of nitrogens with zero attached hydrogens (tertiary/aromatic N) is 2. The highest BCUT2D eigenvalue weighted by atomic mass is 32.2. The number of carbonyl (C=O) groups is 3. The van der Waals surface area contributed by atoms with Gasteiger partial charge in [0.05, 0.1) is 0 Å². The molecule has 0 aliphatic carbocycles. The van der Waals surface area contributed by atoms with Crippen LogP contribution in [0.3, 0.4) is 0 Å². The van der Waals surface area contributed by atoms with E-state index in [4.69, 9.17) is 4.74 Å². The molecule has 1 rings (SSSR count). The number of hydrogen-bond donors (Lipinski definition) is 2. The predicted octanol–water partition coefficient (Wildman–Crippen LogP) is 1.40. The average molecular weight is 374 g/mol. The van der Waals surface area contributed by atoms with Gasteiger partial charge < -0.3 is 10.1 Å². The van der Waals surface area contributed by atoms with Crippen LogP contribution < -0.4 is 10.6 Å². The van der Waals surface area contributed by atoms with Crippen molar-refractivity contribution in [2.75, 3.05) is 23.9 Å². The normalized spacial score (nSPS) is 11.9. The lowest BCUT2D eigenvalue weighted by Gasteiger charge is -2.15. The zero-order valence-electron chi connectivity index (χ0n) is 14.1. The number of rotatable bonds is 9. The average Bonchev–Trinajstić information content (AvgIpc) is 2.97. The minimum Gasteiger partial charge on any atom is -0.454 e. The van der Waals surface area contributed by atoms with Crippen molar-refractivity contribution < 1.29 is 19.1 Å². The van der Waals surface area contributed by atoms with E-state index >= 15 is 0 Å². The maximum Gasteiger partial charge on any atom is 0.329 e. The lowest BCUT2D eigenvalue weighted by atomic mass is 10.2. The largest absolute Gasteiger partial charge is 0.454 e. The van der Waals surface area contributed by atoms with Crippen molar-refractivity contribution in [1.29, 1.82) is 0 Å². The first-order chi connectivity index (χ1) is 11.3. The van der Waals surface area contributed by atoms with Gasteiger partial charge in [-0.3, -0.25) is 14.9 Å². The number of nitrogens with one attached hydrogen (secondary N) is 2. The number of anilines is 1. The van der Waals surface area contributed by atoms with Gasteiger partial charge in [-0.25, -0.2) is 4.79 Å². The van der Waals surface area contributed by atoms with Gasteiger partial charge in [-0.2, -0.15) is 11.8 Å². The molecule has 0 saturated heterocycles. The second-order valence-corrected chi connectivity index (χ2v) is 7.29. The third-order valence-corrected chi connectivity index (χ3v) is 4.58. The van der Waals surface area contributed by atoms with Crippen LogP contribution in [0, 0.1) is 0 Å². The van der Waals surface area contributed by atoms with Crippen molar-refractivity contribution in [3.63, 3.8) is 0 Å². The molecule has 1 atom stereocenters. The molecule has 0 spiro atoms. The fourth-order valence-corrected chi connectivity index (χ4v) is 2.87. The van der Waals surface area contributed by atoms with Gasteiger partial charge in [-0.1, -0.05) is 25.2 Å². The van der Waals surface area contributed by atoms with Crippen molar-refractivity contribution in [3.05, 3.63) is 5.01 Å². The van der Waals surface area contributed by atoms with E-state index in [1.165, 1.54) is 18.3 Å². The van der Waals surface area contributed by atoms with E-state index < -0.39 is 24.5 Å². The van der Waals surface area contributed by atoms with Crippen LogP contribution in [0.25, 0.3) is 0 Å². The lowest BCUT2D eigenvalue weighted by Crippen LogP contribution is -2.42. The molecule has 134 valence electrons. The van der Waals surface area contributed by atoms with Gasteiger partial charge in [-0.15, -0.1) is 10.2 Å². The molecule has 10 heteroatoms. The molecule has 8 nitrogen and oxygen atoms in total. The van der Waals surface area contributed by atoms with E-state index in [1.54, 1.807) is 11.8 Å². The second-order valence-electron chi connectivity index (χ2n) is 5.29. The Kier molecular flexibility index (Phi) is 8.69. The van der Waals surface area contributed by atoms with Crippen LogP contribution in [0.2, 0.25) is 0 Å². The summed E-state index contributed by atoms with van der Waals surface area (Å²) in [6.07, 6.45) is 2.34. The van der Waals surface area contributed by atoms with Crippen molar-refractivity contribution in [2.45, 2.75) is 39.2 Å². The fourth-order valence-electron chi connectivity index (χ4n) is 1.64. The molecular formula is C14H22N4O4S2. The number of carbonyl (C=O) groups excluding carboxylic acids is 3. The lowest BCUT2D eigenvalue weighted by molar-refractivity contribution is -0.150. The summed E-state index contributed by atoms with van der Waals surface area (Å²) in [5.74, 6) is -0.538. The minimum absolute atomic E-state index is 0.223. The molecule has 2 amide bonds. The Balaban J connectivity index is 2.47. The summed E-state index contributed by atoms with van der Waals surface area (Å²) in [7, 11) is 0. The fraction of sp³-hybridized carbons (Fsp3) is 0.643. The summed E-state index contributed by atoms with van der Waals surface area (Å²) >= 11 is 2.83. The van der Waals surface area contributed by atoms with Crippen molar-refractivity contribution in [2.24, 2.45) is 0 Å². The summed E-state index contributed by atoms with van der Waals surface area (Å²) in [5.41, 5.74) is 0. The van der Waals surface area contributed by atoms with Crippen LogP contribution in [0.1, 0.15) is 38.1 Å². The van der Waals surface area contributed by atoms with E-state index in [1.807, 2.05) is 20.1 Å². The van der Waals surface area contributed by atoms with Gasteiger partial charge in [0.15, 0.2) is 6.61 Å². The molecule has 0 saturated carbocycles. The minimum atomic E-state index is -0.753. The smallest absolute Gasteiger partial charge is 0.329 e. The zero-order valence-corrected chi connectivity index (χ0v) is 15.8. The molecular weight excluding hydrogens is 352 g/mol. The number of hydrogen-bond acceptors (Lipinski definition) is 8. The highest BCUT2D eigenvalue weighted by Gasteiger charge is 2.21. The van der Waals surface area contributed by atoms with Gasteiger partial charge in [0.25, 0.3) is 5.91 Å². The summed E-state index contributed by atoms with van der Waals surface area (Å²) in [6.45, 7) is 4.84. The van der Waals surface area contributed by atoms with E-state index in [-0.39, 0.29) is 11.8 Å². The first-order valence-corrected chi connectivity index (χ1v) is 9.60. The van der Waals surface area contributed by atoms with Crippen LogP contribution in [-0.2, 0) is 19.1 Å². The van der Waals surface area contributed by atoms with Gasteiger partial charge in [0, 0.05) is 12.8 Å². The number of esters is 1. The highest BCUT2D eigenvalue weighted by Crippen LogP contribution is 2.22. The van der Waals surface area contributed by atoms with E-state index in [9.17, 15) is 14.4 Å². The standard InChI is InChI=1S/C14H22N4O4S2/c1-8(2)12-17-18-14(24-12)16-11(20)7-22-13(21)10(5-6-23-4)15-9(3)19/h8,10H,5-7H2,1-4H3,(H,15,19)(H,16,18,20)/t10-/m0/s1. The van der Waals surface area contributed by atoms with Gasteiger partial charge in [0.2, 0.25) is 11.0 Å². The number of thioether (sulfide) groups is 1. The topological polar surface area (TPSA) is 110 Å². The molecule has 1 heterocycles. The molecule has 0 aliphatic heterocycles. The molecule has 24 heavy (non-hydrogen) atoms. The number of aromatic nitrogens is 2. The van der Waals surface area contributed by atoms with Crippen LogP contribution >= 0.6 is 23.1 Å². The molecule has 0 radical (unpaired) electrons. The Hall–Kier alpha value is -1.68. The monoisotopic (exact) mass is 374 g/mol. The Bertz CT molecular complexity index is 577. The maximum absolute atomic E-state index is 12.0. The molecule has 1 aromatic heterocycles. The van der Waals surface area contributed by atoms with Gasteiger partial charge in [-0.05, 0) is 18.4 Å². The second kappa shape index (κ2) is 10.2. The molecule has 0 bridgehead atoms. The van der Waals surface area contributed by atoms with Crippen molar-refractivity contribution in [3.8, 4) is 0 Å². The third kappa shape index (κ3) is 7.26. The Labute approximate surface area is 149 Å². The van der Waals surface area contributed by atoms with Crippen LogP contribution in [0.4, 0.5) is 5.13 Å². The Morgan fingerprint density at radius 1 is 1.29 bits per heavy atom. The summed E-state index contributed by atoms with van der Waals surface area (Å²) in [5, 5.41) is 14.0. The Morgan fingerprint density at radius 3 is 2.54 bits per heavy atom. The molecule has 0 unspecified atom stereocenters. The van der Waals surface area contributed by atoms with Crippen LogP contribution in [0.5, 0.6) is 0 Å².